The first-order valence-electron chi connectivity index (χ1n) is 7.56. The summed E-state index contributed by atoms with van der Waals surface area (Å²) in [5.74, 6) is 0.783. The summed E-state index contributed by atoms with van der Waals surface area (Å²) < 4.78 is 10.9. The van der Waals surface area contributed by atoms with Crippen molar-refractivity contribution in [3.05, 3.63) is 0 Å². The van der Waals surface area contributed by atoms with E-state index < -0.39 is 0 Å². The normalized spacial score (nSPS) is 20.5. The molecule has 2 nitrogen and oxygen atoms in total. The Hall–Kier alpha value is -0.0800. The standard InChI is InChI=1S/C15H30O2/c1-3-5-7-8-10-14(9-6-4-2)11-16-12-15-13-17-15/h14-15H,3-13H2,1-2H3. The predicted octanol–water partition coefficient (Wildman–Crippen LogP) is 4.18. The first-order valence-corrected chi connectivity index (χ1v) is 7.56. The number of ether oxygens (including phenoxy) is 2. The molecule has 0 spiro atoms. The second-order valence-corrected chi connectivity index (χ2v) is 5.35. The van der Waals surface area contributed by atoms with Crippen LogP contribution in [0.1, 0.15) is 65.2 Å². The third-order valence-electron chi connectivity index (χ3n) is 3.49. The number of hydrogen-bond donors (Lipinski definition) is 0. The molecule has 0 aromatic carbocycles. The maximum atomic E-state index is 5.75. The van der Waals surface area contributed by atoms with Gasteiger partial charge in [-0.05, 0) is 18.8 Å². The summed E-state index contributed by atoms with van der Waals surface area (Å²) in [6, 6.07) is 0. The molecule has 0 bridgehead atoms. The molecular weight excluding hydrogens is 212 g/mol. The van der Waals surface area contributed by atoms with E-state index in [4.69, 9.17) is 9.47 Å². The zero-order chi connectivity index (χ0) is 12.3. The van der Waals surface area contributed by atoms with Gasteiger partial charge in [0, 0.05) is 6.61 Å². The Labute approximate surface area is 107 Å². The van der Waals surface area contributed by atoms with Crippen molar-refractivity contribution < 1.29 is 9.47 Å². The van der Waals surface area contributed by atoms with Crippen LogP contribution >= 0.6 is 0 Å². The maximum absolute atomic E-state index is 5.75. The van der Waals surface area contributed by atoms with Crippen molar-refractivity contribution in [1.29, 1.82) is 0 Å². The molecular formula is C15H30O2. The van der Waals surface area contributed by atoms with Crippen molar-refractivity contribution in [3.8, 4) is 0 Å². The van der Waals surface area contributed by atoms with Gasteiger partial charge >= 0.3 is 0 Å². The molecule has 1 aliphatic heterocycles. The van der Waals surface area contributed by atoms with Crippen molar-refractivity contribution in [1.82, 2.24) is 0 Å². The van der Waals surface area contributed by atoms with Crippen LogP contribution in [-0.2, 0) is 9.47 Å². The number of epoxide rings is 1. The molecule has 1 saturated heterocycles. The van der Waals surface area contributed by atoms with E-state index in [9.17, 15) is 0 Å². The fraction of sp³-hybridized carbons (Fsp3) is 1.00. The predicted molar refractivity (Wildman–Crippen MR) is 72.3 cm³/mol. The molecule has 17 heavy (non-hydrogen) atoms. The van der Waals surface area contributed by atoms with Crippen molar-refractivity contribution in [3.63, 3.8) is 0 Å². The molecule has 102 valence electrons. The average molecular weight is 242 g/mol. The Kier molecular flexibility index (Phi) is 8.72. The van der Waals surface area contributed by atoms with Gasteiger partial charge in [0.2, 0.25) is 0 Å². The van der Waals surface area contributed by atoms with Gasteiger partial charge in [0.25, 0.3) is 0 Å². The van der Waals surface area contributed by atoms with Crippen LogP contribution in [0.25, 0.3) is 0 Å². The van der Waals surface area contributed by atoms with Crippen molar-refractivity contribution in [2.24, 2.45) is 5.92 Å². The van der Waals surface area contributed by atoms with Crippen molar-refractivity contribution in [2.45, 2.75) is 71.3 Å². The molecule has 0 aliphatic carbocycles. The van der Waals surface area contributed by atoms with Gasteiger partial charge in [0.15, 0.2) is 0 Å². The highest BCUT2D eigenvalue weighted by Crippen LogP contribution is 2.18. The van der Waals surface area contributed by atoms with Gasteiger partial charge in [0.1, 0.15) is 6.10 Å². The molecule has 1 fully saturated rings. The van der Waals surface area contributed by atoms with Crippen LogP contribution in [0, 0.1) is 5.92 Å². The van der Waals surface area contributed by atoms with Gasteiger partial charge in [-0.15, -0.1) is 0 Å². The summed E-state index contributed by atoms with van der Waals surface area (Å²) in [6.45, 7) is 7.22. The lowest BCUT2D eigenvalue weighted by molar-refractivity contribution is 0.0789. The Balaban J connectivity index is 2.02. The third-order valence-corrected chi connectivity index (χ3v) is 3.49. The van der Waals surface area contributed by atoms with E-state index in [-0.39, 0.29) is 0 Å². The zero-order valence-electron chi connectivity index (χ0n) is 11.7. The molecule has 0 amide bonds. The lowest BCUT2D eigenvalue weighted by Crippen LogP contribution is -2.13. The monoisotopic (exact) mass is 242 g/mol. The highest BCUT2D eigenvalue weighted by atomic mass is 16.6. The molecule has 0 aromatic rings. The molecule has 0 saturated carbocycles. The second kappa shape index (κ2) is 9.90. The minimum atomic E-state index is 0.418. The minimum Gasteiger partial charge on any atom is -0.378 e. The first kappa shape index (κ1) is 15.0. The lowest BCUT2D eigenvalue weighted by Gasteiger charge is -2.16. The molecule has 0 N–H and O–H groups in total. The van der Waals surface area contributed by atoms with E-state index in [1.165, 1.54) is 51.4 Å². The van der Waals surface area contributed by atoms with Crippen molar-refractivity contribution >= 4 is 0 Å². The smallest absolute Gasteiger partial charge is 0.104 e. The highest BCUT2D eigenvalue weighted by molar-refractivity contribution is 4.68. The van der Waals surface area contributed by atoms with Gasteiger partial charge in [-0.25, -0.2) is 0 Å². The summed E-state index contributed by atoms with van der Waals surface area (Å²) in [5, 5.41) is 0. The van der Waals surface area contributed by atoms with Crippen LogP contribution < -0.4 is 0 Å². The Morgan fingerprint density at radius 1 is 1.06 bits per heavy atom. The van der Waals surface area contributed by atoms with Crippen LogP contribution in [-0.4, -0.2) is 25.9 Å². The molecule has 2 heteroatoms. The SMILES string of the molecule is CCCCCCC(CCCC)COCC1CO1. The van der Waals surface area contributed by atoms with E-state index in [2.05, 4.69) is 13.8 Å². The van der Waals surface area contributed by atoms with Gasteiger partial charge in [-0.1, -0.05) is 52.4 Å². The molecule has 1 heterocycles. The molecule has 0 aromatic heterocycles. The highest BCUT2D eigenvalue weighted by Gasteiger charge is 2.22. The summed E-state index contributed by atoms with van der Waals surface area (Å²) in [4.78, 5) is 0. The number of unbranched alkanes of at least 4 members (excludes halogenated alkanes) is 4. The summed E-state index contributed by atoms with van der Waals surface area (Å²) in [7, 11) is 0. The number of rotatable bonds is 12. The summed E-state index contributed by atoms with van der Waals surface area (Å²) >= 11 is 0. The van der Waals surface area contributed by atoms with E-state index in [0.29, 0.717) is 6.10 Å². The summed E-state index contributed by atoms with van der Waals surface area (Å²) in [6.07, 6.45) is 11.3. The van der Waals surface area contributed by atoms with Crippen LogP contribution in [0.4, 0.5) is 0 Å². The van der Waals surface area contributed by atoms with Crippen molar-refractivity contribution in [2.75, 3.05) is 19.8 Å². The van der Waals surface area contributed by atoms with E-state index in [1.807, 2.05) is 0 Å². The van der Waals surface area contributed by atoms with Crippen LogP contribution in [0.15, 0.2) is 0 Å². The maximum Gasteiger partial charge on any atom is 0.104 e. The van der Waals surface area contributed by atoms with E-state index in [1.54, 1.807) is 0 Å². The third kappa shape index (κ3) is 8.62. The average Bonchev–Trinajstić information content (AvgIpc) is 3.14. The summed E-state index contributed by atoms with van der Waals surface area (Å²) in [5.41, 5.74) is 0. The van der Waals surface area contributed by atoms with E-state index >= 15 is 0 Å². The number of hydrogen-bond acceptors (Lipinski definition) is 2. The second-order valence-electron chi connectivity index (χ2n) is 5.35. The molecule has 0 radical (unpaired) electrons. The fourth-order valence-electron chi connectivity index (χ4n) is 2.19. The quantitative estimate of drug-likeness (QED) is 0.378. The van der Waals surface area contributed by atoms with Gasteiger partial charge in [0.05, 0.1) is 13.2 Å². The van der Waals surface area contributed by atoms with Gasteiger partial charge in [-0.3, -0.25) is 0 Å². The zero-order valence-corrected chi connectivity index (χ0v) is 11.7. The minimum absolute atomic E-state index is 0.418. The van der Waals surface area contributed by atoms with Crippen LogP contribution in [0.3, 0.4) is 0 Å². The Morgan fingerprint density at radius 3 is 2.41 bits per heavy atom. The molecule has 1 rings (SSSR count). The molecule has 2 unspecified atom stereocenters. The Morgan fingerprint density at radius 2 is 1.76 bits per heavy atom. The lowest BCUT2D eigenvalue weighted by atomic mass is 9.96. The topological polar surface area (TPSA) is 21.8 Å². The Bertz CT molecular complexity index is 166. The van der Waals surface area contributed by atoms with E-state index in [0.717, 1.165) is 25.7 Å². The van der Waals surface area contributed by atoms with Crippen LogP contribution in [0.5, 0.6) is 0 Å². The largest absolute Gasteiger partial charge is 0.378 e. The molecule has 1 aliphatic rings. The molecule has 2 atom stereocenters. The van der Waals surface area contributed by atoms with Gasteiger partial charge < -0.3 is 9.47 Å². The van der Waals surface area contributed by atoms with Gasteiger partial charge in [-0.2, -0.15) is 0 Å². The fourth-order valence-corrected chi connectivity index (χ4v) is 2.19. The first-order chi connectivity index (χ1) is 8.36. The van der Waals surface area contributed by atoms with Crippen LogP contribution in [0.2, 0.25) is 0 Å².